The van der Waals surface area contributed by atoms with E-state index in [0.717, 1.165) is 18.4 Å². The van der Waals surface area contributed by atoms with Gasteiger partial charge in [0.2, 0.25) is 5.91 Å². The average molecular weight is 278 g/mol. The monoisotopic (exact) mass is 278 g/mol. The van der Waals surface area contributed by atoms with Crippen LogP contribution in [-0.4, -0.2) is 24.2 Å². The Morgan fingerprint density at radius 2 is 2.00 bits per heavy atom. The lowest BCUT2D eigenvalue weighted by Gasteiger charge is -2.12. The molecule has 0 heterocycles. The van der Waals surface area contributed by atoms with Gasteiger partial charge in [-0.05, 0) is 30.7 Å². The van der Waals surface area contributed by atoms with Crippen LogP contribution >= 0.6 is 0 Å². The van der Waals surface area contributed by atoms with Crippen molar-refractivity contribution in [1.82, 2.24) is 5.32 Å². The van der Waals surface area contributed by atoms with Crippen LogP contribution in [0.4, 0.5) is 0 Å². The van der Waals surface area contributed by atoms with Gasteiger partial charge < -0.3 is 16.2 Å². The predicted molar refractivity (Wildman–Crippen MR) is 81.1 cm³/mol. The zero-order valence-electron chi connectivity index (χ0n) is 12.2. The lowest BCUT2D eigenvalue weighted by atomic mass is 10.0. The minimum Gasteiger partial charge on any atom is -0.396 e. The van der Waals surface area contributed by atoms with Crippen LogP contribution in [0.3, 0.4) is 0 Å². The molecule has 20 heavy (non-hydrogen) atoms. The minimum atomic E-state index is -0.0867. The Morgan fingerprint density at radius 1 is 1.30 bits per heavy atom. The molecule has 0 saturated heterocycles. The quantitative estimate of drug-likeness (QED) is 0.605. The van der Waals surface area contributed by atoms with Crippen LogP contribution in [0.1, 0.15) is 44.2 Å². The maximum Gasteiger partial charge on any atom is 0.220 e. The predicted octanol–water partition coefficient (Wildman–Crippen LogP) is 1.99. The van der Waals surface area contributed by atoms with Crippen molar-refractivity contribution in [3.05, 3.63) is 35.9 Å². The van der Waals surface area contributed by atoms with E-state index in [4.69, 9.17) is 10.8 Å². The normalized spacial score (nSPS) is 13.8. The van der Waals surface area contributed by atoms with Gasteiger partial charge in [0.25, 0.3) is 0 Å². The van der Waals surface area contributed by atoms with Gasteiger partial charge >= 0.3 is 0 Å². The van der Waals surface area contributed by atoms with Crippen molar-refractivity contribution in [3.8, 4) is 0 Å². The molecule has 0 bridgehead atoms. The molecule has 0 radical (unpaired) electrons. The number of rotatable bonds is 9. The van der Waals surface area contributed by atoms with E-state index < -0.39 is 0 Å². The molecule has 0 saturated carbocycles. The molecule has 0 spiro atoms. The molecule has 1 rings (SSSR count). The zero-order chi connectivity index (χ0) is 14.8. The van der Waals surface area contributed by atoms with Gasteiger partial charge in [-0.25, -0.2) is 0 Å². The van der Waals surface area contributed by atoms with Gasteiger partial charge in [-0.1, -0.05) is 37.3 Å². The van der Waals surface area contributed by atoms with Crippen LogP contribution in [0, 0.1) is 5.92 Å². The van der Waals surface area contributed by atoms with E-state index in [1.54, 1.807) is 0 Å². The van der Waals surface area contributed by atoms with Gasteiger partial charge in [0.15, 0.2) is 0 Å². The number of amides is 1. The van der Waals surface area contributed by atoms with E-state index in [1.165, 1.54) is 0 Å². The standard InChI is InChI=1S/C16H26N2O2/c1-13(12-19)6-5-11-18-16(20)10-9-15(17)14-7-3-2-4-8-14/h2-4,7-8,13,15,19H,5-6,9-12,17H2,1H3,(H,18,20). The molecular formula is C16H26N2O2. The maximum atomic E-state index is 11.7. The Labute approximate surface area is 121 Å². The fourth-order valence-corrected chi connectivity index (χ4v) is 2.01. The average Bonchev–Trinajstić information content (AvgIpc) is 2.49. The Bertz CT molecular complexity index is 381. The summed E-state index contributed by atoms with van der Waals surface area (Å²) in [5.41, 5.74) is 7.11. The van der Waals surface area contributed by atoms with Crippen LogP contribution in [0.5, 0.6) is 0 Å². The molecule has 0 aliphatic carbocycles. The van der Waals surface area contributed by atoms with E-state index in [0.29, 0.717) is 25.3 Å². The van der Waals surface area contributed by atoms with E-state index in [2.05, 4.69) is 5.32 Å². The van der Waals surface area contributed by atoms with Crippen LogP contribution in [0.25, 0.3) is 0 Å². The molecule has 2 atom stereocenters. The lowest BCUT2D eigenvalue weighted by Crippen LogP contribution is -2.26. The van der Waals surface area contributed by atoms with Crippen LogP contribution in [0.15, 0.2) is 30.3 Å². The first-order valence-corrected chi connectivity index (χ1v) is 7.31. The summed E-state index contributed by atoms with van der Waals surface area (Å²) < 4.78 is 0. The number of aliphatic hydroxyl groups excluding tert-OH is 1. The Hall–Kier alpha value is -1.39. The van der Waals surface area contributed by atoms with Crippen LogP contribution in [-0.2, 0) is 4.79 Å². The number of nitrogens with two attached hydrogens (primary N) is 1. The SMILES string of the molecule is CC(CO)CCCNC(=O)CCC(N)c1ccccc1. The minimum absolute atomic E-state index is 0.0491. The van der Waals surface area contributed by atoms with Crippen molar-refractivity contribution in [2.75, 3.05) is 13.2 Å². The summed E-state index contributed by atoms with van der Waals surface area (Å²) in [7, 11) is 0. The van der Waals surface area contributed by atoms with Crippen LogP contribution < -0.4 is 11.1 Å². The molecule has 1 aromatic rings. The summed E-state index contributed by atoms with van der Waals surface area (Å²) in [6.07, 6.45) is 2.94. The molecule has 112 valence electrons. The van der Waals surface area contributed by atoms with Crippen LogP contribution in [0.2, 0.25) is 0 Å². The summed E-state index contributed by atoms with van der Waals surface area (Å²) in [6, 6.07) is 9.75. The number of aliphatic hydroxyl groups is 1. The van der Waals surface area contributed by atoms with Crippen molar-refractivity contribution in [2.45, 2.75) is 38.6 Å². The highest BCUT2D eigenvalue weighted by Crippen LogP contribution is 2.14. The van der Waals surface area contributed by atoms with Gasteiger partial charge in [0.1, 0.15) is 0 Å². The molecule has 4 N–H and O–H groups in total. The molecule has 0 fully saturated rings. The van der Waals surface area contributed by atoms with Crippen molar-refractivity contribution in [3.63, 3.8) is 0 Å². The summed E-state index contributed by atoms with van der Waals surface area (Å²) in [6.45, 7) is 2.88. The highest BCUT2D eigenvalue weighted by molar-refractivity contribution is 5.75. The smallest absolute Gasteiger partial charge is 0.220 e. The number of hydrogen-bond donors (Lipinski definition) is 3. The molecule has 1 aromatic carbocycles. The molecule has 0 aromatic heterocycles. The third-order valence-electron chi connectivity index (χ3n) is 3.42. The van der Waals surface area contributed by atoms with Gasteiger partial charge in [0.05, 0.1) is 0 Å². The number of carbonyl (C=O) groups is 1. The fraction of sp³-hybridized carbons (Fsp3) is 0.562. The van der Waals surface area contributed by atoms with E-state index in [1.807, 2.05) is 37.3 Å². The van der Waals surface area contributed by atoms with Gasteiger partial charge in [-0.3, -0.25) is 4.79 Å². The van der Waals surface area contributed by atoms with E-state index in [9.17, 15) is 4.79 Å². The molecule has 4 heteroatoms. The second-order valence-electron chi connectivity index (χ2n) is 5.34. The van der Waals surface area contributed by atoms with E-state index in [-0.39, 0.29) is 18.6 Å². The first kappa shape index (κ1) is 16.7. The largest absolute Gasteiger partial charge is 0.396 e. The van der Waals surface area contributed by atoms with Gasteiger partial charge in [-0.2, -0.15) is 0 Å². The molecule has 4 nitrogen and oxygen atoms in total. The highest BCUT2D eigenvalue weighted by Gasteiger charge is 2.08. The van der Waals surface area contributed by atoms with Gasteiger partial charge in [-0.15, -0.1) is 0 Å². The third kappa shape index (κ3) is 6.68. The van der Waals surface area contributed by atoms with Gasteiger partial charge in [0, 0.05) is 25.6 Å². The molecule has 0 aliphatic rings. The summed E-state index contributed by atoms with van der Waals surface area (Å²) in [5, 5.41) is 11.8. The lowest BCUT2D eigenvalue weighted by molar-refractivity contribution is -0.121. The van der Waals surface area contributed by atoms with Crippen molar-refractivity contribution in [2.24, 2.45) is 11.7 Å². The third-order valence-corrected chi connectivity index (χ3v) is 3.42. The first-order chi connectivity index (χ1) is 9.63. The number of nitrogens with one attached hydrogen (secondary N) is 1. The molecule has 1 amide bonds. The first-order valence-electron chi connectivity index (χ1n) is 7.31. The summed E-state index contributed by atoms with van der Waals surface area (Å²) >= 11 is 0. The Balaban J connectivity index is 2.14. The van der Waals surface area contributed by atoms with Crippen molar-refractivity contribution >= 4 is 5.91 Å². The fourth-order valence-electron chi connectivity index (χ4n) is 2.01. The number of hydrogen-bond acceptors (Lipinski definition) is 3. The Morgan fingerprint density at radius 3 is 2.65 bits per heavy atom. The second kappa shape index (κ2) is 9.50. The number of benzene rings is 1. The van der Waals surface area contributed by atoms with Crippen molar-refractivity contribution in [1.29, 1.82) is 0 Å². The zero-order valence-corrected chi connectivity index (χ0v) is 12.2. The summed E-state index contributed by atoms with van der Waals surface area (Å²) in [5.74, 6) is 0.353. The molecular weight excluding hydrogens is 252 g/mol. The topological polar surface area (TPSA) is 75.3 Å². The highest BCUT2D eigenvalue weighted by atomic mass is 16.3. The van der Waals surface area contributed by atoms with Crippen molar-refractivity contribution < 1.29 is 9.90 Å². The Kier molecular flexibility index (Phi) is 7.92. The molecule has 0 aliphatic heterocycles. The second-order valence-corrected chi connectivity index (χ2v) is 5.34. The summed E-state index contributed by atoms with van der Waals surface area (Å²) in [4.78, 5) is 11.7. The molecule has 2 unspecified atom stereocenters. The van der Waals surface area contributed by atoms with E-state index >= 15 is 0 Å². The maximum absolute atomic E-state index is 11.7. The number of carbonyl (C=O) groups excluding carboxylic acids is 1.